The summed E-state index contributed by atoms with van der Waals surface area (Å²) in [6, 6.07) is 20.5. The number of halogens is 2. The van der Waals surface area contributed by atoms with Crippen molar-refractivity contribution in [1.82, 2.24) is 4.90 Å². The molecule has 0 aromatic heterocycles. The molecule has 1 aliphatic carbocycles. The molecule has 0 N–H and O–H groups in total. The van der Waals surface area contributed by atoms with Gasteiger partial charge in [0.1, 0.15) is 0 Å². The molecule has 3 aromatic rings. The van der Waals surface area contributed by atoms with E-state index in [1.54, 1.807) is 0 Å². The maximum atomic E-state index is 13.4. The lowest BCUT2D eigenvalue weighted by Crippen LogP contribution is -2.47. The molecular weight excluding hydrogens is 415 g/mol. The Balaban J connectivity index is 1.53. The normalized spacial score (nSPS) is 16.0. The van der Waals surface area contributed by atoms with Gasteiger partial charge in [-0.15, -0.1) is 0 Å². The molecule has 0 radical (unpaired) electrons. The molecule has 0 saturated heterocycles. The van der Waals surface area contributed by atoms with Crippen LogP contribution < -0.4 is 4.90 Å². The number of carbonyl (C=O) groups excluding carboxylic acids is 1. The molecule has 152 valence electrons. The second kappa shape index (κ2) is 7.64. The summed E-state index contributed by atoms with van der Waals surface area (Å²) in [5.41, 5.74) is 6.15. The molecule has 30 heavy (non-hydrogen) atoms. The van der Waals surface area contributed by atoms with E-state index in [0.29, 0.717) is 29.3 Å². The van der Waals surface area contributed by atoms with Gasteiger partial charge < -0.3 is 9.80 Å². The van der Waals surface area contributed by atoms with Crippen LogP contribution in [0.1, 0.15) is 34.3 Å². The highest BCUT2D eigenvalue weighted by Gasteiger charge is 2.38. The molecule has 5 heteroatoms. The van der Waals surface area contributed by atoms with E-state index in [0.717, 1.165) is 35.2 Å². The van der Waals surface area contributed by atoms with E-state index in [2.05, 4.69) is 48.2 Å². The predicted molar refractivity (Wildman–Crippen MR) is 123 cm³/mol. The van der Waals surface area contributed by atoms with Crippen LogP contribution >= 0.6 is 23.2 Å². The summed E-state index contributed by atoms with van der Waals surface area (Å²) in [6.07, 6.45) is 2.31. The van der Waals surface area contributed by atoms with Crippen molar-refractivity contribution in [2.75, 3.05) is 11.6 Å². The Hall–Kier alpha value is -2.49. The molecule has 1 amide bonds. The quantitative estimate of drug-likeness (QED) is 0.462. The molecule has 2 aliphatic rings. The fourth-order valence-electron chi connectivity index (χ4n) is 4.20. The van der Waals surface area contributed by atoms with Crippen LogP contribution in [0, 0.1) is 6.92 Å². The van der Waals surface area contributed by atoms with Gasteiger partial charge in [-0.25, -0.2) is 0 Å². The predicted octanol–water partition coefficient (Wildman–Crippen LogP) is 6.55. The summed E-state index contributed by atoms with van der Waals surface area (Å²) in [5.74, 6) is 0.0224. The first-order valence-electron chi connectivity index (χ1n) is 10.2. The number of amides is 1. The maximum absolute atomic E-state index is 13.4. The minimum absolute atomic E-state index is 0.0224. The van der Waals surface area contributed by atoms with Crippen LogP contribution in [0.15, 0.2) is 60.7 Å². The number of rotatable bonds is 4. The summed E-state index contributed by atoms with van der Waals surface area (Å²) in [5, 5.41) is 1.18. The van der Waals surface area contributed by atoms with Crippen LogP contribution in [-0.2, 0) is 6.54 Å². The summed E-state index contributed by atoms with van der Waals surface area (Å²) in [6.45, 7) is 3.07. The van der Waals surface area contributed by atoms with E-state index < -0.39 is 0 Å². The topological polar surface area (TPSA) is 23.6 Å². The van der Waals surface area contributed by atoms with Crippen LogP contribution in [0.2, 0.25) is 10.0 Å². The molecule has 1 aliphatic heterocycles. The summed E-state index contributed by atoms with van der Waals surface area (Å²) < 4.78 is 0. The number of carbonyl (C=O) groups is 1. The Labute approximate surface area is 186 Å². The summed E-state index contributed by atoms with van der Waals surface area (Å²) in [4.78, 5) is 17.6. The van der Waals surface area contributed by atoms with Crippen molar-refractivity contribution in [3.05, 3.63) is 87.4 Å². The molecule has 0 atom stereocenters. The monoisotopic (exact) mass is 436 g/mol. The van der Waals surface area contributed by atoms with E-state index in [1.807, 2.05) is 29.2 Å². The second-order valence-electron chi connectivity index (χ2n) is 8.09. The van der Waals surface area contributed by atoms with E-state index in [4.69, 9.17) is 23.2 Å². The Kier molecular flexibility index (Phi) is 4.96. The Morgan fingerprint density at radius 1 is 0.933 bits per heavy atom. The molecule has 5 rings (SSSR count). The highest BCUT2D eigenvalue weighted by Crippen LogP contribution is 2.40. The number of aryl methyl sites for hydroxylation is 1. The SMILES string of the molecule is Cc1ccccc1-c1ccc2c(c1)N(C1CC1)CN(Cc1c(Cl)cccc1Cl)C2=O. The molecule has 1 heterocycles. The van der Waals surface area contributed by atoms with Crippen LogP contribution in [-0.4, -0.2) is 23.5 Å². The zero-order valence-electron chi connectivity index (χ0n) is 16.7. The number of hydrogen-bond donors (Lipinski definition) is 0. The number of anilines is 1. The number of nitrogens with zero attached hydrogens (tertiary/aromatic N) is 2. The van der Waals surface area contributed by atoms with Crippen molar-refractivity contribution in [2.45, 2.75) is 32.4 Å². The van der Waals surface area contributed by atoms with Crippen LogP contribution in [0.5, 0.6) is 0 Å². The standard InChI is InChI=1S/C25H22Cl2N2O/c1-16-5-2-3-6-19(16)17-9-12-20-24(13-17)29(18-10-11-18)15-28(25(20)30)14-21-22(26)7-4-8-23(21)27/h2-9,12-13,18H,10-11,14-15H2,1H3. The van der Waals surface area contributed by atoms with Crippen molar-refractivity contribution in [3.8, 4) is 11.1 Å². The van der Waals surface area contributed by atoms with Crippen molar-refractivity contribution in [2.24, 2.45) is 0 Å². The maximum Gasteiger partial charge on any atom is 0.257 e. The first kappa shape index (κ1) is 19.5. The smallest absolute Gasteiger partial charge is 0.257 e. The molecule has 0 unspecified atom stereocenters. The minimum Gasteiger partial charge on any atom is -0.350 e. The average Bonchev–Trinajstić information content (AvgIpc) is 3.58. The number of benzene rings is 3. The van der Waals surface area contributed by atoms with Crippen molar-refractivity contribution >= 4 is 34.8 Å². The Morgan fingerprint density at radius 2 is 1.67 bits per heavy atom. The zero-order chi connectivity index (χ0) is 20.8. The first-order chi connectivity index (χ1) is 14.5. The lowest BCUT2D eigenvalue weighted by molar-refractivity contribution is 0.0728. The highest BCUT2D eigenvalue weighted by atomic mass is 35.5. The van der Waals surface area contributed by atoms with E-state index in [9.17, 15) is 4.79 Å². The third-order valence-electron chi connectivity index (χ3n) is 6.00. The number of fused-ring (bicyclic) bond motifs is 1. The van der Waals surface area contributed by atoms with Gasteiger partial charge in [-0.2, -0.15) is 0 Å². The largest absolute Gasteiger partial charge is 0.350 e. The lowest BCUT2D eigenvalue weighted by atomic mass is 9.96. The third-order valence-corrected chi connectivity index (χ3v) is 6.71. The van der Waals surface area contributed by atoms with Crippen LogP contribution in [0.3, 0.4) is 0 Å². The molecular formula is C25H22Cl2N2O. The van der Waals surface area contributed by atoms with Crippen molar-refractivity contribution < 1.29 is 4.79 Å². The summed E-state index contributed by atoms with van der Waals surface area (Å²) in [7, 11) is 0. The number of hydrogen-bond acceptors (Lipinski definition) is 2. The van der Waals surface area contributed by atoms with E-state index in [1.165, 1.54) is 11.1 Å². The molecule has 3 aromatic carbocycles. The molecule has 3 nitrogen and oxygen atoms in total. The lowest BCUT2D eigenvalue weighted by Gasteiger charge is -2.39. The molecule has 0 bridgehead atoms. The van der Waals surface area contributed by atoms with Gasteiger partial charge in [-0.1, -0.05) is 59.6 Å². The first-order valence-corrected chi connectivity index (χ1v) is 11.0. The second-order valence-corrected chi connectivity index (χ2v) is 8.91. The zero-order valence-corrected chi connectivity index (χ0v) is 18.2. The van der Waals surface area contributed by atoms with Gasteiger partial charge in [-0.05, 0) is 60.7 Å². The Bertz CT molecular complexity index is 1120. The van der Waals surface area contributed by atoms with Crippen LogP contribution in [0.25, 0.3) is 11.1 Å². The minimum atomic E-state index is 0.0224. The van der Waals surface area contributed by atoms with Gasteiger partial charge in [0, 0.05) is 21.7 Å². The van der Waals surface area contributed by atoms with Gasteiger partial charge in [0.2, 0.25) is 0 Å². The van der Waals surface area contributed by atoms with Gasteiger partial charge >= 0.3 is 0 Å². The molecule has 1 fully saturated rings. The highest BCUT2D eigenvalue weighted by molar-refractivity contribution is 6.36. The van der Waals surface area contributed by atoms with Gasteiger partial charge in [0.15, 0.2) is 0 Å². The molecule has 1 saturated carbocycles. The van der Waals surface area contributed by atoms with Gasteiger partial charge in [-0.3, -0.25) is 4.79 Å². The third kappa shape index (κ3) is 3.46. The summed E-state index contributed by atoms with van der Waals surface area (Å²) >= 11 is 12.8. The fourth-order valence-corrected chi connectivity index (χ4v) is 4.72. The van der Waals surface area contributed by atoms with Gasteiger partial charge in [0.25, 0.3) is 5.91 Å². The van der Waals surface area contributed by atoms with Crippen molar-refractivity contribution in [3.63, 3.8) is 0 Å². The Morgan fingerprint density at radius 3 is 2.37 bits per heavy atom. The van der Waals surface area contributed by atoms with Crippen molar-refractivity contribution in [1.29, 1.82) is 0 Å². The molecule has 0 spiro atoms. The van der Waals surface area contributed by atoms with Gasteiger partial charge in [0.05, 0.1) is 24.5 Å². The van der Waals surface area contributed by atoms with E-state index >= 15 is 0 Å². The average molecular weight is 437 g/mol. The van der Waals surface area contributed by atoms with Crippen LogP contribution in [0.4, 0.5) is 5.69 Å². The van der Waals surface area contributed by atoms with E-state index in [-0.39, 0.29) is 5.91 Å². The fraction of sp³-hybridized carbons (Fsp3) is 0.240.